The number of aliphatic imine (C=N–C) groups is 1. The number of halogens is 2. The Balaban J connectivity index is 1.96. The number of esters is 1. The van der Waals surface area contributed by atoms with E-state index in [1.165, 1.54) is 0 Å². The van der Waals surface area contributed by atoms with E-state index >= 15 is 0 Å². The van der Waals surface area contributed by atoms with Crippen LogP contribution in [-0.4, -0.2) is 11.9 Å². The Kier molecular flexibility index (Phi) is 3.78. The maximum Gasteiger partial charge on any atom is 0.363 e. The average molecular weight is 318 g/mol. The molecule has 0 fully saturated rings. The molecular weight excluding hydrogens is 309 g/mol. The summed E-state index contributed by atoms with van der Waals surface area (Å²) in [4.78, 5) is 16.1. The molecule has 0 atom stereocenters. The molecule has 21 heavy (non-hydrogen) atoms. The lowest BCUT2D eigenvalue weighted by atomic mass is 10.2. The molecule has 0 aliphatic carbocycles. The largest absolute Gasteiger partial charge is 0.402 e. The second-order valence-electron chi connectivity index (χ2n) is 4.36. The standard InChI is InChI=1S/C16H9Cl2NO2/c17-12-7-5-10(6-8-12)15-19-14(16(20)21-15)9-11-3-1-2-4-13(11)18/h1-9H. The third kappa shape index (κ3) is 2.99. The fraction of sp³-hybridized carbons (Fsp3) is 0. The second kappa shape index (κ2) is 5.72. The zero-order valence-electron chi connectivity index (χ0n) is 10.7. The van der Waals surface area contributed by atoms with Crippen LogP contribution in [0, 0.1) is 0 Å². The van der Waals surface area contributed by atoms with Gasteiger partial charge in [0, 0.05) is 15.6 Å². The van der Waals surface area contributed by atoms with Gasteiger partial charge in [0.1, 0.15) is 0 Å². The highest BCUT2D eigenvalue weighted by atomic mass is 35.5. The lowest BCUT2D eigenvalue weighted by Crippen LogP contribution is -2.05. The normalized spacial score (nSPS) is 16.0. The minimum absolute atomic E-state index is 0.216. The monoisotopic (exact) mass is 317 g/mol. The van der Waals surface area contributed by atoms with Crippen molar-refractivity contribution in [3.8, 4) is 0 Å². The zero-order chi connectivity index (χ0) is 14.8. The van der Waals surface area contributed by atoms with Crippen molar-refractivity contribution in [3.05, 3.63) is 75.4 Å². The van der Waals surface area contributed by atoms with Gasteiger partial charge in [0.25, 0.3) is 0 Å². The molecule has 0 aromatic heterocycles. The number of hydrogen-bond acceptors (Lipinski definition) is 3. The van der Waals surface area contributed by atoms with Crippen molar-refractivity contribution in [2.75, 3.05) is 0 Å². The molecule has 0 spiro atoms. The van der Waals surface area contributed by atoms with E-state index in [0.717, 1.165) is 0 Å². The van der Waals surface area contributed by atoms with Gasteiger partial charge in [-0.1, -0.05) is 41.4 Å². The summed E-state index contributed by atoms with van der Waals surface area (Å²) < 4.78 is 5.17. The van der Waals surface area contributed by atoms with Gasteiger partial charge in [-0.3, -0.25) is 0 Å². The molecule has 3 nitrogen and oxygen atoms in total. The maximum absolute atomic E-state index is 11.9. The van der Waals surface area contributed by atoms with Crippen molar-refractivity contribution < 1.29 is 9.53 Å². The van der Waals surface area contributed by atoms with Gasteiger partial charge in [-0.15, -0.1) is 0 Å². The first kappa shape index (κ1) is 13.9. The summed E-state index contributed by atoms with van der Waals surface area (Å²) in [7, 11) is 0. The molecule has 0 N–H and O–H groups in total. The van der Waals surface area contributed by atoms with Crippen LogP contribution in [-0.2, 0) is 9.53 Å². The minimum Gasteiger partial charge on any atom is -0.402 e. The molecule has 1 aliphatic rings. The third-order valence-corrected chi connectivity index (χ3v) is 3.51. The summed E-state index contributed by atoms with van der Waals surface area (Å²) in [5.41, 5.74) is 1.62. The third-order valence-electron chi connectivity index (χ3n) is 2.91. The Hall–Kier alpha value is -2.10. The van der Waals surface area contributed by atoms with Gasteiger partial charge in [-0.25, -0.2) is 9.79 Å². The predicted molar refractivity (Wildman–Crippen MR) is 83.5 cm³/mol. The van der Waals surface area contributed by atoms with Crippen LogP contribution in [0.3, 0.4) is 0 Å². The van der Waals surface area contributed by atoms with Crippen LogP contribution < -0.4 is 0 Å². The first-order chi connectivity index (χ1) is 10.1. The van der Waals surface area contributed by atoms with E-state index in [0.29, 0.717) is 21.2 Å². The highest BCUT2D eigenvalue weighted by Crippen LogP contribution is 2.23. The van der Waals surface area contributed by atoms with Crippen molar-refractivity contribution in [1.29, 1.82) is 0 Å². The number of hydrogen-bond donors (Lipinski definition) is 0. The quantitative estimate of drug-likeness (QED) is 0.610. The van der Waals surface area contributed by atoms with E-state index in [1.807, 2.05) is 12.1 Å². The lowest BCUT2D eigenvalue weighted by molar-refractivity contribution is -0.129. The average Bonchev–Trinajstić information content (AvgIpc) is 2.83. The Morgan fingerprint density at radius 3 is 2.43 bits per heavy atom. The van der Waals surface area contributed by atoms with Gasteiger partial charge >= 0.3 is 5.97 Å². The highest BCUT2D eigenvalue weighted by Gasteiger charge is 2.24. The molecule has 0 saturated carbocycles. The number of benzene rings is 2. The van der Waals surface area contributed by atoms with Crippen LogP contribution in [0.2, 0.25) is 10.0 Å². The van der Waals surface area contributed by atoms with Crippen molar-refractivity contribution in [3.63, 3.8) is 0 Å². The molecule has 2 aromatic carbocycles. The van der Waals surface area contributed by atoms with Crippen molar-refractivity contribution in [2.24, 2.45) is 4.99 Å². The first-order valence-corrected chi connectivity index (χ1v) is 6.92. The molecule has 104 valence electrons. The summed E-state index contributed by atoms with van der Waals surface area (Å²) >= 11 is 11.9. The number of cyclic esters (lactones) is 1. The molecule has 0 saturated heterocycles. The van der Waals surface area contributed by atoms with Gasteiger partial charge in [0.2, 0.25) is 5.90 Å². The summed E-state index contributed by atoms with van der Waals surface area (Å²) in [6.45, 7) is 0. The fourth-order valence-corrected chi connectivity index (χ4v) is 2.18. The number of ether oxygens (including phenoxy) is 1. The molecule has 0 amide bonds. The smallest absolute Gasteiger partial charge is 0.363 e. The fourth-order valence-electron chi connectivity index (χ4n) is 1.86. The van der Waals surface area contributed by atoms with E-state index in [2.05, 4.69) is 4.99 Å². The molecule has 2 aromatic rings. The molecule has 0 bridgehead atoms. The number of nitrogens with zero attached hydrogens (tertiary/aromatic N) is 1. The number of rotatable bonds is 2. The predicted octanol–water partition coefficient (Wildman–Crippen LogP) is 4.34. The van der Waals surface area contributed by atoms with Crippen LogP contribution in [0.5, 0.6) is 0 Å². The zero-order valence-corrected chi connectivity index (χ0v) is 12.2. The Bertz CT molecular complexity index is 764. The van der Waals surface area contributed by atoms with E-state index in [1.54, 1.807) is 42.5 Å². The summed E-state index contributed by atoms with van der Waals surface area (Å²) in [6.07, 6.45) is 1.60. The second-order valence-corrected chi connectivity index (χ2v) is 5.21. The van der Waals surface area contributed by atoms with Gasteiger partial charge in [-0.2, -0.15) is 0 Å². The number of carbonyl (C=O) groups is 1. The van der Waals surface area contributed by atoms with Crippen LogP contribution in [0.1, 0.15) is 11.1 Å². The lowest BCUT2D eigenvalue weighted by Gasteiger charge is -1.98. The Morgan fingerprint density at radius 1 is 1.00 bits per heavy atom. The van der Waals surface area contributed by atoms with Crippen LogP contribution in [0.15, 0.2) is 59.2 Å². The molecule has 1 aliphatic heterocycles. The summed E-state index contributed by atoms with van der Waals surface area (Å²) in [6, 6.07) is 14.1. The Morgan fingerprint density at radius 2 is 1.71 bits per heavy atom. The van der Waals surface area contributed by atoms with Crippen molar-refractivity contribution >= 4 is 41.1 Å². The minimum atomic E-state index is -0.500. The SMILES string of the molecule is O=C1OC(c2ccc(Cl)cc2)=NC1=Cc1ccccc1Cl. The van der Waals surface area contributed by atoms with Gasteiger partial charge < -0.3 is 4.74 Å². The van der Waals surface area contributed by atoms with Crippen LogP contribution in [0.4, 0.5) is 0 Å². The van der Waals surface area contributed by atoms with E-state index < -0.39 is 5.97 Å². The molecule has 0 unspecified atom stereocenters. The van der Waals surface area contributed by atoms with Gasteiger partial charge in [-0.05, 0) is 42.0 Å². The van der Waals surface area contributed by atoms with Gasteiger partial charge in [0.15, 0.2) is 5.70 Å². The topological polar surface area (TPSA) is 38.7 Å². The molecule has 1 heterocycles. The summed E-state index contributed by atoms with van der Waals surface area (Å²) in [5, 5.41) is 1.16. The van der Waals surface area contributed by atoms with Gasteiger partial charge in [0.05, 0.1) is 0 Å². The molecule has 3 rings (SSSR count). The maximum atomic E-state index is 11.9. The molecule has 0 radical (unpaired) electrons. The molecule has 5 heteroatoms. The molecular formula is C16H9Cl2NO2. The number of carbonyl (C=O) groups excluding carboxylic acids is 1. The van der Waals surface area contributed by atoms with Crippen LogP contribution in [0.25, 0.3) is 6.08 Å². The first-order valence-electron chi connectivity index (χ1n) is 6.16. The van der Waals surface area contributed by atoms with Crippen molar-refractivity contribution in [1.82, 2.24) is 0 Å². The van der Waals surface area contributed by atoms with Crippen LogP contribution >= 0.6 is 23.2 Å². The van der Waals surface area contributed by atoms with Crippen molar-refractivity contribution in [2.45, 2.75) is 0 Å². The van der Waals surface area contributed by atoms with E-state index in [-0.39, 0.29) is 11.6 Å². The Labute approximate surface area is 131 Å². The summed E-state index contributed by atoms with van der Waals surface area (Å²) in [5.74, 6) is -0.241. The van der Waals surface area contributed by atoms with E-state index in [4.69, 9.17) is 27.9 Å². The van der Waals surface area contributed by atoms with E-state index in [9.17, 15) is 4.79 Å². The highest BCUT2D eigenvalue weighted by molar-refractivity contribution is 6.32.